The van der Waals surface area contributed by atoms with Gasteiger partial charge in [-0.15, -0.1) is 0 Å². The maximum Gasteiger partial charge on any atom is 0.344 e. The monoisotopic (exact) mass is 586 g/mol. The van der Waals surface area contributed by atoms with Gasteiger partial charge in [0.05, 0.1) is 47.4 Å². The van der Waals surface area contributed by atoms with Crippen molar-refractivity contribution in [3.63, 3.8) is 0 Å². The first-order chi connectivity index (χ1) is 20.0. The van der Waals surface area contributed by atoms with E-state index in [4.69, 9.17) is 18.9 Å². The highest BCUT2D eigenvalue weighted by atomic mass is 16.7. The average molecular weight is 587 g/mol. The zero-order valence-corrected chi connectivity index (χ0v) is 24.9. The number of carbonyl (C=O) groups excluding carboxylic acids is 2. The molecule has 5 saturated carbocycles. The van der Waals surface area contributed by atoms with Gasteiger partial charge < -0.3 is 44.3 Å². The second-order valence-corrected chi connectivity index (χ2v) is 13.5. The number of likely N-dealkylation sites (tertiary alicyclic amines) is 1. The number of quaternary nitrogens is 1. The molecule has 5 aliphatic carbocycles. The Labute approximate surface area is 245 Å². The standard InChI is InChI=1S/C31H42N2O9/c1-6-33(38)25-19-14-22-29(33,42-27(35)17-9-7-8-10-20(17)32-16(2)34)12-11-24(40-4)30(22,25)23-13-18-21(39-3)15-28(19,36)31(23,37)26(18)41-5/h7-10,18-19,21-26,36-37H,6,11-15H2,1-5H3,(H,32,34)/t18-,19+,21+,22+,23-,24+,25-,26+,28+,29+,30+,31+,33+/m1/s1. The van der Waals surface area contributed by atoms with E-state index in [1.165, 1.54) is 6.92 Å². The molecule has 11 heteroatoms. The minimum Gasteiger partial charge on any atom is -0.630 e. The fraction of sp³-hybridized carbons (Fsp3) is 0.742. The normalized spacial score (nSPS) is 51.0. The molecule has 1 amide bonds. The number of nitrogens with one attached hydrogen (secondary N) is 1. The lowest BCUT2D eigenvalue weighted by Gasteiger charge is -2.65. The van der Waals surface area contributed by atoms with Crippen LogP contribution in [0.2, 0.25) is 0 Å². The van der Waals surface area contributed by atoms with Gasteiger partial charge in [-0.3, -0.25) is 4.79 Å². The second kappa shape index (κ2) is 8.97. The Bertz CT molecular complexity index is 1330. The Balaban J connectivity index is 1.40. The summed E-state index contributed by atoms with van der Waals surface area (Å²) in [6.45, 7) is 3.31. The van der Waals surface area contributed by atoms with Gasteiger partial charge in [-0.1, -0.05) is 12.1 Å². The summed E-state index contributed by atoms with van der Waals surface area (Å²) >= 11 is 0. The molecule has 1 spiro atoms. The highest BCUT2D eigenvalue weighted by Gasteiger charge is 2.95. The predicted molar refractivity (Wildman–Crippen MR) is 149 cm³/mol. The van der Waals surface area contributed by atoms with Crippen molar-refractivity contribution in [2.45, 2.75) is 87.2 Å². The molecular weight excluding hydrogens is 544 g/mol. The minimum absolute atomic E-state index is 0.128. The number of fused-ring (bicyclic) bond motifs is 2. The van der Waals surface area contributed by atoms with Crippen molar-refractivity contribution in [3.8, 4) is 0 Å². The van der Waals surface area contributed by atoms with Crippen LogP contribution < -0.4 is 5.32 Å². The van der Waals surface area contributed by atoms with E-state index in [0.717, 1.165) is 0 Å². The van der Waals surface area contributed by atoms with E-state index in [9.17, 15) is 19.8 Å². The van der Waals surface area contributed by atoms with Crippen LogP contribution in [0.1, 0.15) is 56.3 Å². The van der Waals surface area contributed by atoms with Crippen molar-refractivity contribution in [2.24, 2.45) is 29.1 Å². The number of aliphatic hydroxyl groups is 2. The first-order valence-electron chi connectivity index (χ1n) is 15.2. The van der Waals surface area contributed by atoms with E-state index in [1.807, 2.05) is 6.92 Å². The fourth-order valence-corrected chi connectivity index (χ4v) is 11.8. The van der Waals surface area contributed by atoms with E-state index in [0.29, 0.717) is 31.4 Å². The minimum atomic E-state index is -1.62. The molecule has 0 unspecified atom stereocenters. The average Bonchev–Trinajstić information content (AvgIpc) is 3.49. The van der Waals surface area contributed by atoms with E-state index >= 15 is 5.21 Å². The van der Waals surface area contributed by atoms with Crippen LogP contribution in [0.4, 0.5) is 5.69 Å². The smallest absolute Gasteiger partial charge is 0.344 e. The van der Waals surface area contributed by atoms with Gasteiger partial charge in [-0.25, -0.2) is 4.79 Å². The van der Waals surface area contributed by atoms with Crippen LogP contribution in [0.5, 0.6) is 0 Å². The number of methoxy groups -OCH3 is 3. The van der Waals surface area contributed by atoms with Crippen molar-refractivity contribution in [3.05, 3.63) is 35.0 Å². The summed E-state index contributed by atoms with van der Waals surface area (Å²) in [6.07, 6.45) is 0.547. The van der Waals surface area contributed by atoms with Gasteiger partial charge in [-0.05, 0) is 38.3 Å². The van der Waals surface area contributed by atoms with E-state index < -0.39 is 62.9 Å². The summed E-state index contributed by atoms with van der Waals surface area (Å²) in [4.78, 5) is 25.9. The number of amides is 1. The SMILES string of the molecule is CC[N@+]1([O-])[C@@H]2[C@@H]3C[C@@H]4[C@@]2([C@@H](OC)CC[C@]41OC(=O)c1ccccc1NC(C)=O)[C@H]1C[C@@H]2[C@@H](OC)C[C@@]3(O)[C@@]1(O)[C@H]2OC. The molecule has 3 N–H and O–H groups in total. The molecule has 1 aromatic rings. The Kier molecular flexibility index (Phi) is 6.11. The van der Waals surface area contributed by atoms with Crippen molar-refractivity contribution >= 4 is 17.6 Å². The number of carbonyl (C=O) groups is 2. The molecule has 7 rings (SSSR count). The molecule has 11 nitrogen and oxygen atoms in total. The molecule has 42 heavy (non-hydrogen) atoms. The summed E-state index contributed by atoms with van der Waals surface area (Å²) < 4.78 is 23.8. The Morgan fingerprint density at radius 2 is 1.83 bits per heavy atom. The van der Waals surface area contributed by atoms with Gasteiger partial charge in [0.2, 0.25) is 5.91 Å². The number of rotatable bonds is 7. The number of ether oxygens (including phenoxy) is 4. The molecule has 1 heterocycles. The molecule has 6 fully saturated rings. The van der Waals surface area contributed by atoms with Crippen molar-refractivity contribution < 1.29 is 43.4 Å². The number of anilines is 1. The largest absolute Gasteiger partial charge is 0.630 e. The number of para-hydroxylation sites is 1. The van der Waals surface area contributed by atoms with Gasteiger partial charge in [0.15, 0.2) is 0 Å². The molecule has 0 radical (unpaired) electrons. The molecule has 1 aliphatic heterocycles. The Hall–Kier alpha value is -2.12. The number of piperidine rings is 1. The molecule has 13 atom stereocenters. The van der Waals surface area contributed by atoms with Crippen molar-refractivity contribution in [1.29, 1.82) is 0 Å². The molecule has 230 valence electrons. The molecule has 1 aromatic carbocycles. The van der Waals surface area contributed by atoms with Gasteiger partial charge in [0.25, 0.3) is 5.72 Å². The summed E-state index contributed by atoms with van der Waals surface area (Å²) in [7, 11) is 4.84. The lowest BCUT2D eigenvalue weighted by atomic mass is 9.48. The zero-order chi connectivity index (χ0) is 30.0. The molecule has 7 bridgehead atoms. The third-order valence-electron chi connectivity index (χ3n) is 12.7. The maximum atomic E-state index is 15.6. The number of hydroxylamine groups is 3. The van der Waals surface area contributed by atoms with Crippen LogP contribution in [0.15, 0.2) is 24.3 Å². The van der Waals surface area contributed by atoms with Crippen LogP contribution in [-0.4, -0.2) is 95.9 Å². The summed E-state index contributed by atoms with van der Waals surface area (Å²) in [5.41, 5.74) is -5.01. The van der Waals surface area contributed by atoms with Gasteiger partial charge in [0.1, 0.15) is 17.2 Å². The van der Waals surface area contributed by atoms with Crippen molar-refractivity contribution in [2.75, 3.05) is 33.2 Å². The van der Waals surface area contributed by atoms with E-state index in [1.54, 1.807) is 45.6 Å². The van der Waals surface area contributed by atoms with Crippen LogP contribution in [-0.2, 0) is 23.7 Å². The summed E-state index contributed by atoms with van der Waals surface area (Å²) in [5, 5.41) is 43.7. The van der Waals surface area contributed by atoms with E-state index in [2.05, 4.69) is 5.32 Å². The van der Waals surface area contributed by atoms with Crippen LogP contribution in [0.25, 0.3) is 0 Å². The first kappa shape index (κ1) is 28.6. The first-order valence-corrected chi connectivity index (χ1v) is 15.2. The van der Waals surface area contributed by atoms with Crippen molar-refractivity contribution in [1.82, 2.24) is 0 Å². The summed E-state index contributed by atoms with van der Waals surface area (Å²) in [5.74, 6) is -2.70. The number of benzene rings is 1. The second-order valence-electron chi connectivity index (χ2n) is 13.5. The lowest BCUT2D eigenvalue weighted by molar-refractivity contribution is -0.975. The van der Waals surface area contributed by atoms with Crippen LogP contribution in [0.3, 0.4) is 0 Å². The summed E-state index contributed by atoms with van der Waals surface area (Å²) in [6, 6.07) is 5.98. The Morgan fingerprint density at radius 1 is 1.10 bits per heavy atom. The lowest BCUT2D eigenvalue weighted by Crippen LogP contribution is -2.80. The molecule has 6 aliphatic rings. The highest BCUT2D eigenvalue weighted by Crippen LogP contribution is 2.83. The number of hydrogen-bond acceptors (Lipinski definition) is 9. The Morgan fingerprint density at radius 3 is 2.48 bits per heavy atom. The number of nitrogens with zero attached hydrogens (tertiary/aromatic N) is 1. The highest BCUT2D eigenvalue weighted by molar-refractivity contribution is 6.00. The van der Waals surface area contributed by atoms with Gasteiger partial charge >= 0.3 is 5.97 Å². The van der Waals surface area contributed by atoms with E-state index in [-0.39, 0.29) is 42.6 Å². The molecular formula is C31H42N2O9. The third-order valence-corrected chi connectivity index (χ3v) is 12.7. The predicted octanol–water partition coefficient (Wildman–Crippen LogP) is 2.19. The fourth-order valence-electron chi connectivity index (χ4n) is 11.8. The maximum absolute atomic E-state index is 15.6. The topological polar surface area (TPSA) is 147 Å². The third kappa shape index (κ3) is 2.87. The van der Waals surface area contributed by atoms with Gasteiger partial charge in [0, 0.05) is 58.8 Å². The number of esters is 1. The number of hydrogen-bond donors (Lipinski definition) is 3. The molecule has 1 saturated heterocycles. The van der Waals surface area contributed by atoms with Crippen LogP contribution >= 0.6 is 0 Å². The van der Waals surface area contributed by atoms with Gasteiger partial charge in [-0.2, -0.15) is 0 Å². The molecule has 0 aromatic heterocycles. The zero-order valence-electron chi connectivity index (χ0n) is 24.9. The van der Waals surface area contributed by atoms with Crippen LogP contribution in [0, 0.1) is 34.3 Å². The quantitative estimate of drug-likeness (QED) is 0.249.